The normalized spacial score (nSPS) is 16.2. The van der Waals surface area contributed by atoms with E-state index in [0.29, 0.717) is 26.1 Å². The van der Waals surface area contributed by atoms with Crippen LogP contribution in [0.2, 0.25) is 0 Å². The summed E-state index contributed by atoms with van der Waals surface area (Å²) >= 11 is 0. The van der Waals surface area contributed by atoms with E-state index < -0.39 is 0 Å². The maximum Gasteiger partial charge on any atom is 0.227 e. The van der Waals surface area contributed by atoms with Gasteiger partial charge in [0.2, 0.25) is 5.91 Å². The molecule has 0 saturated carbocycles. The molecule has 1 aliphatic heterocycles. The summed E-state index contributed by atoms with van der Waals surface area (Å²) in [7, 11) is 0. The van der Waals surface area contributed by atoms with Gasteiger partial charge in [-0.1, -0.05) is 18.2 Å². The first kappa shape index (κ1) is 19.3. The summed E-state index contributed by atoms with van der Waals surface area (Å²) in [6.07, 6.45) is 4.11. The van der Waals surface area contributed by atoms with Crippen molar-refractivity contribution in [2.75, 3.05) is 18.1 Å². The molecular weight excluding hydrogens is 388 g/mol. The number of hydrogen-bond acceptors (Lipinski definition) is 4. The topological polar surface area (TPSA) is 60.2 Å². The number of anilines is 1. The van der Waals surface area contributed by atoms with Gasteiger partial charge in [0.25, 0.3) is 0 Å². The molecule has 0 unspecified atom stereocenters. The third-order valence-corrected chi connectivity index (χ3v) is 5.70. The third-order valence-electron chi connectivity index (χ3n) is 5.70. The van der Waals surface area contributed by atoms with Crippen molar-refractivity contribution in [2.45, 2.75) is 25.8 Å². The molecule has 0 bridgehead atoms. The fraction of sp³-hybridized carbons (Fsp3) is 0.240. The van der Waals surface area contributed by atoms with E-state index in [4.69, 9.17) is 9.72 Å². The number of amides is 1. The Kier molecular flexibility index (Phi) is 5.12. The molecule has 156 valence electrons. The van der Waals surface area contributed by atoms with E-state index in [1.54, 1.807) is 6.20 Å². The lowest BCUT2D eigenvalue weighted by Gasteiger charge is -2.18. The molecule has 0 spiro atoms. The number of hydrogen-bond donors (Lipinski definition) is 0. The maximum absolute atomic E-state index is 12.9. The summed E-state index contributed by atoms with van der Waals surface area (Å²) in [6, 6.07) is 19.9. The smallest absolute Gasteiger partial charge is 0.227 e. The Hall–Kier alpha value is -3.67. The Labute approximate surface area is 181 Å². The molecule has 6 nitrogen and oxygen atoms in total. The van der Waals surface area contributed by atoms with E-state index in [0.717, 1.165) is 33.9 Å². The van der Waals surface area contributed by atoms with Gasteiger partial charge < -0.3 is 14.2 Å². The van der Waals surface area contributed by atoms with Gasteiger partial charge in [0, 0.05) is 37.0 Å². The van der Waals surface area contributed by atoms with Crippen LogP contribution in [0, 0.1) is 0 Å². The molecule has 1 fully saturated rings. The van der Waals surface area contributed by atoms with E-state index >= 15 is 0 Å². The zero-order valence-electron chi connectivity index (χ0n) is 17.4. The summed E-state index contributed by atoms with van der Waals surface area (Å²) in [5, 5.41) is 0. The molecule has 2 aromatic heterocycles. The predicted octanol–water partition coefficient (Wildman–Crippen LogP) is 4.40. The van der Waals surface area contributed by atoms with Crippen molar-refractivity contribution in [1.29, 1.82) is 0 Å². The Morgan fingerprint density at radius 2 is 1.90 bits per heavy atom. The highest BCUT2D eigenvalue weighted by molar-refractivity contribution is 5.96. The van der Waals surface area contributed by atoms with Gasteiger partial charge in [-0.3, -0.25) is 9.78 Å². The highest BCUT2D eigenvalue weighted by atomic mass is 16.5. The molecule has 6 heteroatoms. The van der Waals surface area contributed by atoms with Crippen molar-refractivity contribution in [3.8, 4) is 5.75 Å². The van der Waals surface area contributed by atoms with Crippen LogP contribution in [0.4, 0.5) is 5.69 Å². The molecule has 1 saturated heterocycles. The molecule has 0 radical (unpaired) electrons. The molecule has 0 N–H and O–H groups in total. The van der Waals surface area contributed by atoms with Gasteiger partial charge >= 0.3 is 0 Å². The summed E-state index contributed by atoms with van der Waals surface area (Å²) in [4.78, 5) is 23.9. The zero-order valence-corrected chi connectivity index (χ0v) is 17.4. The summed E-state index contributed by atoms with van der Waals surface area (Å²) in [5.74, 6) is 1.91. The van der Waals surface area contributed by atoms with Gasteiger partial charge in [0.05, 0.1) is 24.2 Å². The van der Waals surface area contributed by atoms with Crippen LogP contribution >= 0.6 is 0 Å². The molecule has 4 aromatic rings. The summed E-state index contributed by atoms with van der Waals surface area (Å²) < 4.78 is 7.75. The fourth-order valence-electron chi connectivity index (χ4n) is 4.27. The quantitative estimate of drug-likeness (QED) is 0.471. The molecule has 1 aliphatic rings. The van der Waals surface area contributed by atoms with E-state index in [2.05, 4.69) is 21.7 Å². The van der Waals surface area contributed by atoms with Crippen LogP contribution in [0.25, 0.3) is 11.0 Å². The number of benzene rings is 2. The molecular formula is C25H24N4O2. The van der Waals surface area contributed by atoms with Gasteiger partial charge in [0.15, 0.2) is 0 Å². The number of imidazole rings is 1. The standard InChI is InChI=1S/C25H24N4O2/c1-2-31-21-11-9-20(10-12-21)28-17-19(14-24(28)30)25-27-22-7-3-4-8-23(22)29(25)16-18-6-5-13-26-15-18/h3-13,15,19H,2,14,16-17H2,1H3/t19-/m0/s1. The van der Waals surface area contributed by atoms with Crippen molar-refractivity contribution in [1.82, 2.24) is 14.5 Å². The number of ether oxygens (including phenoxy) is 1. The molecule has 3 heterocycles. The van der Waals surface area contributed by atoms with Crippen LogP contribution in [0.5, 0.6) is 5.75 Å². The molecule has 2 aromatic carbocycles. The highest BCUT2D eigenvalue weighted by Gasteiger charge is 2.34. The SMILES string of the molecule is CCOc1ccc(N2C[C@@H](c3nc4ccccc4n3Cc3cccnc3)CC2=O)cc1. The second-order valence-electron chi connectivity index (χ2n) is 7.74. The number of para-hydroxylation sites is 2. The number of carbonyl (C=O) groups is 1. The van der Waals surface area contributed by atoms with Gasteiger partial charge in [-0.15, -0.1) is 0 Å². The first-order chi connectivity index (χ1) is 15.2. The Morgan fingerprint density at radius 3 is 2.68 bits per heavy atom. The number of fused-ring (bicyclic) bond motifs is 1. The molecule has 31 heavy (non-hydrogen) atoms. The second kappa shape index (κ2) is 8.22. The van der Waals surface area contributed by atoms with Crippen molar-refractivity contribution in [3.63, 3.8) is 0 Å². The Morgan fingerprint density at radius 1 is 1.06 bits per heavy atom. The van der Waals surface area contributed by atoms with Crippen LogP contribution in [-0.4, -0.2) is 33.6 Å². The van der Waals surface area contributed by atoms with Gasteiger partial charge in [-0.05, 0) is 55.0 Å². The van der Waals surface area contributed by atoms with E-state index in [9.17, 15) is 4.79 Å². The first-order valence-electron chi connectivity index (χ1n) is 10.6. The maximum atomic E-state index is 12.9. The Balaban J connectivity index is 1.47. The largest absolute Gasteiger partial charge is 0.494 e. The van der Waals surface area contributed by atoms with Gasteiger partial charge in [-0.2, -0.15) is 0 Å². The average Bonchev–Trinajstić information content (AvgIpc) is 3.36. The van der Waals surface area contributed by atoms with E-state index in [1.165, 1.54) is 0 Å². The Bertz CT molecular complexity index is 1200. The fourth-order valence-corrected chi connectivity index (χ4v) is 4.27. The molecule has 0 aliphatic carbocycles. The molecule has 5 rings (SSSR count). The second-order valence-corrected chi connectivity index (χ2v) is 7.74. The lowest BCUT2D eigenvalue weighted by atomic mass is 10.1. The predicted molar refractivity (Wildman–Crippen MR) is 120 cm³/mol. The minimum atomic E-state index is 0.0307. The number of aromatic nitrogens is 3. The first-order valence-corrected chi connectivity index (χ1v) is 10.6. The van der Waals surface area contributed by atoms with E-state index in [1.807, 2.05) is 66.6 Å². The third kappa shape index (κ3) is 3.77. The average molecular weight is 412 g/mol. The van der Waals surface area contributed by atoms with Gasteiger partial charge in [0.1, 0.15) is 11.6 Å². The molecule has 1 atom stereocenters. The zero-order chi connectivity index (χ0) is 21.2. The van der Waals surface area contributed by atoms with Crippen LogP contribution in [-0.2, 0) is 11.3 Å². The minimum Gasteiger partial charge on any atom is -0.494 e. The monoisotopic (exact) mass is 412 g/mol. The van der Waals surface area contributed by atoms with Crippen LogP contribution < -0.4 is 9.64 Å². The number of pyridine rings is 1. The van der Waals surface area contributed by atoms with Crippen LogP contribution in [0.1, 0.15) is 30.7 Å². The van der Waals surface area contributed by atoms with Gasteiger partial charge in [-0.25, -0.2) is 4.98 Å². The number of carbonyl (C=O) groups excluding carboxylic acids is 1. The summed E-state index contributed by atoms with van der Waals surface area (Å²) in [6.45, 7) is 3.87. The van der Waals surface area contributed by atoms with Crippen LogP contribution in [0.15, 0.2) is 73.1 Å². The minimum absolute atomic E-state index is 0.0307. The van der Waals surface area contributed by atoms with Crippen molar-refractivity contribution in [3.05, 3.63) is 84.4 Å². The van der Waals surface area contributed by atoms with E-state index in [-0.39, 0.29) is 11.8 Å². The summed E-state index contributed by atoms with van der Waals surface area (Å²) in [5.41, 5.74) is 4.03. The number of rotatable bonds is 6. The van der Waals surface area contributed by atoms with Crippen molar-refractivity contribution in [2.24, 2.45) is 0 Å². The molecule has 1 amide bonds. The van der Waals surface area contributed by atoms with Crippen LogP contribution in [0.3, 0.4) is 0 Å². The number of nitrogens with zero attached hydrogens (tertiary/aromatic N) is 4. The lowest BCUT2D eigenvalue weighted by Crippen LogP contribution is -2.24. The van der Waals surface area contributed by atoms with Crippen molar-refractivity contribution >= 4 is 22.6 Å². The lowest BCUT2D eigenvalue weighted by molar-refractivity contribution is -0.117. The highest BCUT2D eigenvalue weighted by Crippen LogP contribution is 2.34. The van der Waals surface area contributed by atoms with Crippen molar-refractivity contribution < 1.29 is 9.53 Å².